The molecule has 4 unspecified atom stereocenters. The third kappa shape index (κ3) is 3.14. The Morgan fingerprint density at radius 3 is 2.69 bits per heavy atom. The standard InChI is InChI=1S/C21H18BrClN2O3S/c1-10-9-29-21(24-10)25-17(11-2-5-13(23)6-3-11)16-18(26)14-8-12(22)4-7-15(14)28-19(16)20(25)27/h2-3,5-6,9,12,14-15,17H,4,7-8H2,1H3. The van der Waals surface area contributed by atoms with Crippen molar-refractivity contribution < 1.29 is 14.3 Å². The molecule has 1 aromatic heterocycles. The average Bonchev–Trinajstić information content (AvgIpc) is 3.25. The second-order valence-electron chi connectivity index (χ2n) is 7.68. The molecule has 1 aromatic carbocycles. The Balaban J connectivity index is 1.64. The lowest BCUT2D eigenvalue weighted by molar-refractivity contribution is -0.131. The summed E-state index contributed by atoms with van der Waals surface area (Å²) >= 11 is 11.1. The number of carbonyl (C=O) groups is 2. The number of hydrogen-bond donors (Lipinski definition) is 0. The first kappa shape index (κ1) is 19.3. The minimum Gasteiger partial charge on any atom is -0.483 e. The van der Waals surface area contributed by atoms with Crippen molar-refractivity contribution in [1.82, 2.24) is 4.98 Å². The van der Waals surface area contributed by atoms with Crippen molar-refractivity contribution in [3.05, 3.63) is 57.3 Å². The van der Waals surface area contributed by atoms with E-state index >= 15 is 0 Å². The van der Waals surface area contributed by atoms with E-state index in [0.29, 0.717) is 20.6 Å². The Hall–Kier alpha value is -1.70. The van der Waals surface area contributed by atoms with Gasteiger partial charge in [0.15, 0.2) is 16.7 Å². The predicted molar refractivity (Wildman–Crippen MR) is 115 cm³/mol. The molecule has 1 fully saturated rings. The van der Waals surface area contributed by atoms with Crippen LogP contribution in [0, 0.1) is 12.8 Å². The van der Waals surface area contributed by atoms with E-state index in [1.807, 2.05) is 24.4 Å². The number of anilines is 1. The van der Waals surface area contributed by atoms with Gasteiger partial charge in [0.1, 0.15) is 6.10 Å². The second kappa shape index (κ2) is 7.22. The Bertz CT molecular complexity index is 1030. The maximum atomic E-state index is 13.6. The summed E-state index contributed by atoms with van der Waals surface area (Å²) in [4.78, 5) is 33.4. The Morgan fingerprint density at radius 1 is 1.24 bits per heavy atom. The first-order valence-electron chi connectivity index (χ1n) is 9.54. The van der Waals surface area contributed by atoms with Crippen molar-refractivity contribution in [2.45, 2.75) is 43.2 Å². The Labute approximate surface area is 185 Å². The van der Waals surface area contributed by atoms with Gasteiger partial charge in [0.25, 0.3) is 5.91 Å². The highest BCUT2D eigenvalue weighted by Crippen LogP contribution is 2.49. The van der Waals surface area contributed by atoms with Gasteiger partial charge in [-0.25, -0.2) is 4.98 Å². The van der Waals surface area contributed by atoms with Gasteiger partial charge in [0.2, 0.25) is 0 Å². The van der Waals surface area contributed by atoms with Crippen LogP contribution in [0.4, 0.5) is 5.13 Å². The molecule has 0 saturated heterocycles. The zero-order valence-electron chi connectivity index (χ0n) is 15.6. The molecule has 150 valence electrons. The largest absolute Gasteiger partial charge is 0.483 e. The highest BCUT2D eigenvalue weighted by Gasteiger charge is 2.53. The summed E-state index contributed by atoms with van der Waals surface area (Å²) in [5, 5.41) is 3.07. The summed E-state index contributed by atoms with van der Waals surface area (Å²) < 4.78 is 6.18. The summed E-state index contributed by atoms with van der Waals surface area (Å²) in [6.07, 6.45) is 2.18. The number of aromatic nitrogens is 1. The first-order chi connectivity index (χ1) is 13.9. The highest BCUT2D eigenvalue weighted by molar-refractivity contribution is 9.09. The maximum Gasteiger partial charge on any atom is 0.296 e. The molecule has 1 aliphatic carbocycles. The molecule has 0 radical (unpaired) electrons. The normalized spacial score (nSPS) is 29.0. The molecule has 3 heterocycles. The fourth-order valence-corrected chi connectivity index (χ4v) is 6.05. The quantitative estimate of drug-likeness (QED) is 0.554. The molecule has 8 heteroatoms. The number of rotatable bonds is 2. The van der Waals surface area contributed by atoms with Crippen LogP contribution >= 0.6 is 38.9 Å². The van der Waals surface area contributed by atoms with Crippen LogP contribution in [-0.2, 0) is 14.3 Å². The number of Topliss-reactive ketones (excluding diaryl/α,β-unsaturated/α-hetero) is 1. The molecule has 3 aliphatic rings. The Kier molecular flexibility index (Phi) is 4.80. The molecule has 29 heavy (non-hydrogen) atoms. The van der Waals surface area contributed by atoms with E-state index in [4.69, 9.17) is 16.3 Å². The van der Waals surface area contributed by atoms with Crippen LogP contribution in [0.3, 0.4) is 0 Å². The molecule has 1 saturated carbocycles. The summed E-state index contributed by atoms with van der Waals surface area (Å²) in [6, 6.07) is 6.72. The molecule has 5 rings (SSSR count). The van der Waals surface area contributed by atoms with E-state index in [-0.39, 0.29) is 29.5 Å². The van der Waals surface area contributed by atoms with Crippen molar-refractivity contribution in [1.29, 1.82) is 0 Å². The number of halogens is 2. The fourth-order valence-electron chi connectivity index (χ4n) is 4.43. The number of aryl methyl sites for hydroxylation is 1. The van der Waals surface area contributed by atoms with E-state index < -0.39 is 6.04 Å². The summed E-state index contributed by atoms with van der Waals surface area (Å²) in [7, 11) is 0. The van der Waals surface area contributed by atoms with E-state index in [2.05, 4.69) is 20.9 Å². The predicted octanol–water partition coefficient (Wildman–Crippen LogP) is 4.98. The number of ketones is 1. The molecule has 2 aromatic rings. The van der Waals surface area contributed by atoms with Crippen LogP contribution in [0.2, 0.25) is 5.02 Å². The van der Waals surface area contributed by atoms with E-state index in [1.54, 1.807) is 17.0 Å². The number of hydrogen-bond acceptors (Lipinski definition) is 5. The van der Waals surface area contributed by atoms with Gasteiger partial charge in [0.05, 0.1) is 23.2 Å². The minimum absolute atomic E-state index is 0.0180. The van der Waals surface area contributed by atoms with Crippen molar-refractivity contribution in [2.75, 3.05) is 4.90 Å². The number of thiazole rings is 1. The SMILES string of the molecule is Cc1csc(N2C(=O)C3=C(C(=O)C4CC(Br)CCC4O3)C2c2ccc(Cl)cc2)n1. The summed E-state index contributed by atoms with van der Waals surface area (Å²) in [5.41, 5.74) is 2.11. The zero-order valence-corrected chi connectivity index (χ0v) is 18.8. The van der Waals surface area contributed by atoms with Crippen molar-refractivity contribution in [3.8, 4) is 0 Å². The van der Waals surface area contributed by atoms with Gasteiger partial charge in [-0.15, -0.1) is 11.3 Å². The third-order valence-corrected chi connectivity index (χ3v) is 7.82. The number of nitrogens with zero attached hydrogens (tertiary/aromatic N) is 2. The fraction of sp³-hybridized carbons (Fsp3) is 0.381. The molecule has 4 atom stereocenters. The monoisotopic (exact) mass is 492 g/mol. The van der Waals surface area contributed by atoms with Crippen LogP contribution in [0.1, 0.15) is 36.6 Å². The minimum atomic E-state index is -0.551. The van der Waals surface area contributed by atoms with Crippen LogP contribution in [0.25, 0.3) is 0 Å². The Morgan fingerprint density at radius 2 is 2.00 bits per heavy atom. The van der Waals surface area contributed by atoms with Crippen molar-refractivity contribution in [3.63, 3.8) is 0 Å². The topological polar surface area (TPSA) is 59.5 Å². The lowest BCUT2D eigenvalue weighted by Gasteiger charge is -2.37. The number of alkyl halides is 1. The average molecular weight is 494 g/mol. The molecule has 0 spiro atoms. The maximum absolute atomic E-state index is 13.6. The van der Waals surface area contributed by atoms with E-state index in [9.17, 15) is 9.59 Å². The third-order valence-electron chi connectivity index (χ3n) is 5.78. The van der Waals surface area contributed by atoms with Gasteiger partial charge in [0, 0.05) is 15.2 Å². The van der Waals surface area contributed by atoms with Crippen molar-refractivity contribution >= 4 is 55.7 Å². The first-order valence-corrected chi connectivity index (χ1v) is 11.7. The summed E-state index contributed by atoms with van der Waals surface area (Å²) in [5.74, 6) is -0.309. The smallest absolute Gasteiger partial charge is 0.296 e. The van der Waals surface area contributed by atoms with Crippen LogP contribution < -0.4 is 4.90 Å². The number of carbonyl (C=O) groups excluding carboxylic acids is 2. The number of benzene rings is 1. The number of amides is 1. The number of fused-ring (bicyclic) bond motifs is 1. The summed E-state index contributed by atoms with van der Waals surface area (Å²) in [6.45, 7) is 1.89. The zero-order chi connectivity index (χ0) is 20.3. The van der Waals surface area contributed by atoms with Gasteiger partial charge >= 0.3 is 0 Å². The second-order valence-corrected chi connectivity index (χ2v) is 10.2. The molecule has 0 bridgehead atoms. The molecular formula is C21H18BrClN2O3S. The molecule has 0 N–H and O–H groups in total. The molecular weight excluding hydrogens is 476 g/mol. The van der Waals surface area contributed by atoms with E-state index in [0.717, 1.165) is 30.5 Å². The number of ether oxygens (including phenoxy) is 1. The molecule has 5 nitrogen and oxygen atoms in total. The van der Waals surface area contributed by atoms with Crippen LogP contribution in [0.5, 0.6) is 0 Å². The molecule has 2 aliphatic heterocycles. The van der Waals surface area contributed by atoms with Crippen LogP contribution in [-0.4, -0.2) is 27.6 Å². The van der Waals surface area contributed by atoms with Crippen LogP contribution in [0.15, 0.2) is 41.0 Å². The van der Waals surface area contributed by atoms with Gasteiger partial charge < -0.3 is 4.74 Å². The van der Waals surface area contributed by atoms with Crippen molar-refractivity contribution in [2.24, 2.45) is 5.92 Å². The van der Waals surface area contributed by atoms with Gasteiger partial charge in [-0.3, -0.25) is 14.5 Å². The van der Waals surface area contributed by atoms with Gasteiger partial charge in [-0.2, -0.15) is 0 Å². The van der Waals surface area contributed by atoms with Gasteiger partial charge in [-0.1, -0.05) is 39.7 Å². The van der Waals surface area contributed by atoms with E-state index in [1.165, 1.54) is 11.3 Å². The lowest BCUT2D eigenvalue weighted by atomic mass is 9.77. The molecule has 1 amide bonds. The van der Waals surface area contributed by atoms with Gasteiger partial charge in [-0.05, 0) is 43.9 Å². The lowest BCUT2D eigenvalue weighted by Crippen LogP contribution is -2.41. The highest BCUT2D eigenvalue weighted by atomic mass is 79.9.